The standard InChI is InChI=1S/C16H17BrClFN2/c1-2-7-20-16(15-6-4-12(17)10-21-15)8-11-3-5-13(19)9-14(11)18/h3-6,9-10,16,20H,2,7-8H2,1H3. The monoisotopic (exact) mass is 370 g/mol. The van der Waals surface area contributed by atoms with Gasteiger partial charge in [0.2, 0.25) is 0 Å². The average Bonchev–Trinajstić information content (AvgIpc) is 2.46. The summed E-state index contributed by atoms with van der Waals surface area (Å²) in [6.45, 7) is 3.01. The molecule has 0 spiro atoms. The molecule has 21 heavy (non-hydrogen) atoms. The van der Waals surface area contributed by atoms with Crippen LogP contribution in [0.5, 0.6) is 0 Å². The van der Waals surface area contributed by atoms with Crippen LogP contribution in [0.25, 0.3) is 0 Å². The first-order chi connectivity index (χ1) is 10.1. The summed E-state index contributed by atoms with van der Waals surface area (Å²) in [5.74, 6) is -0.316. The average molecular weight is 372 g/mol. The lowest BCUT2D eigenvalue weighted by Gasteiger charge is -2.19. The Kier molecular flexibility index (Phi) is 6.15. The van der Waals surface area contributed by atoms with Crippen molar-refractivity contribution in [1.82, 2.24) is 10.3 Å². The van der Waals surface area contributed by atoms with E-state index < -0.39 is 0 Å². The molecule has 0 saturated carbocycles. The summed E-state index contributed by atoms with van der Waals surface area (Å²) >= 11 is 9.51. The lowest BCUT2D eigenvalue weighted by molar-refractivity contribution is 0.517. The SMILES string of the molecule is CCCNC(Cc1ccc(F)cc1Cl)c1ccc(Br)cn1. The molecule has 0 aliphatic rings. The minimum atomic E-state index is -0.316. The summed E-state index contributed by atoms with van der Waals surface area (Å²) in [6, 6.07) is 8.53. The summed E-state index contributed by atoms with van der Waals surface area (Å²) in [7, 11) is 0. The highest BCUT2D eigenvalue weighted by Crippen LogP contribution is 2.24. The van der Waals surface area contributed by atoms with E-state index in [1.54, 1.807) is 12.3 Å². The maximum absolute atomic E-state index is 13.1. The zero-order valence-corrected chi connectivity index (χ0v) is 14.1. The lowest BCUT2D eigenvalue weighted by Crippen LogP contribution is -2.25. The molecule has 0 saturated heterocycles. The van der Waals surface area contributed by atoms with Crippen LogP contribution in [0.15, 0.2) is 41.0 Å². The first-order valence-corrected chi connectivity index (χ1v) is 8.06. The van der Waals surface area contributed by atoms with Crippen LogP contribution < -0.4 is 5.32 Å². The summed E-state index contributed by atoms with van der Waals surface area (Å²) < 4.78 is 14.1. The van der Waals surface area contributed by atoms with Crippen molar-refractivity contribution in [2.45, 2.75) is 25.8 Å². The first kappa shape index (κ1) is 16.4. The zero-order valence-electron chi connectivity index (χ0n) is 11.7. The Morgan fingerprint density at radius 1 is 1.33 bits per heavy atom. The van der Waals surface area contributed by atoms with Crippen molar-refractivity contribution < 1.29 is 4.39 Å². The Morgan fingerprint density at radius 3 is 2.76 bits per heavy atom. The molecule has 0 amide bonds. The van der Waals surface area contributed by atoms with Crippen LogP contribution in [0.3, 0.4) is 0 Å². The number of nitrogens with one attached hydrogen (secondary N) is 1. The highest BCUT2D eigenvalue weighted by atomic mass is 79.9. The third kappa shape index (κ3) is 4.77. The number of halogens is 3. The number of hydrogen-bond acceptors (Lipinski definition) is 2. The van der Waals surface area contributed by atoms with Crippen LogP contribution in [0.1, 0.15) is 30.6 Å². The molecule has 0 aliphatic heterocycles. The van der Waals surface area contributed by atoms with Gasteiger partial charge in [-0.2, -0.15) is 0 Å². The van der Waals surface area contributed by atoms with Crippen LogP contribution >= 0.6 is 27.5 Å². The molecule has 1 atom stereocenters. The first-order valence-electron chi connectivity index (χ1n) is 6.89. The maximum atomic E-state index is 13.1. The van der Waals surface area contributed by atoms with Gasteiger partial charge in [0.25, 0.3) is 0 Å². The van der Waals surface area contributed by atoms with E-state index in [0.29, 0.717) is 11.4 Å². The van der Waals surface area contributed by atoms with E-state index in [2.05, 4.69) is 33.2 Å². The van der Waals surface area contributed by atoms with Crippen molar-refractivity contribution in [2.75, 3.05) is 6.54 Å². The number of nitrogens with zero attached hydrogens (tertiary/aromatic N) is 1. The highest BCUT2D eigenvalue weighted by molar-refractivity contribution is 9.10. The van der Waals surface area contributed by atoms with Crippen molar-refractivity contribution in [2.24, 2.45) is 0 Å². The van der Waals surface area contributed by atoms with E-state index in [-0.39, 0.29) is 11.9 Å². The van der Waals surface area contributed by atoms with Gasteiger partial charge in [0.1, 0.15) is 5.82 Å². The second-order valence-corrected chi connectivity index (χ2v) is 6.17. The van der Waals surface area contributed by atoms with Gasteiger partial charge < -0.3 is 5.32 Å². The van der Waals surface area contributed by atoms with Crippen molar-refractivity contribution in [3.05, 3.63) is 63.1 Å². The predicted octanol–water partition coefficient (Wildman–Crippen LogP) is 4.92. The molecule has 0 aliphatic carbocycles. The molecule has 1 aromatic carbocycles. The molecular weight excluding hydrogens is 355 g/mol. The minimum absolute atomic E-state index is 0.0565. The van der Waals surface area contributed by atoms with Crippen molar-refractivity contribution in [3.63, 3.8) is 0 Å². The van der Waals surface area contributed by atoms with Gasteiger partial charge in [-0.1, -0.05) is 24.6 Å². The predicted molar refractivity (Wildman–Crippen MR) is 88.1 cm³/mol. The lowest BCUT2D eigenvalue weighted by atomic mass is 10.0. The fourth-order valence-electron chi connectivity index (χ4n) is 2.10. The van der Waals surface area contributed by atoms with Gasteiger partial charge in [0.05, 0.1) is 11.7 Å². The second kappa shape index (κ2) is 7.87. The van der Waals surface area contributed by atoms with Gasteiger partial charge in [0, 0.05) is 15.7 Å². The molecule has 112 valence electrons. The summed E-state index contributed by atoms with van der Waals surface area (Å²) in [4.78, 5) is 4.45. The van der Waals surface area contributed by atoms with E-state index in [1.165, 1.54) is 12.1 Å². The molecule has 5 heteroatoms. The Bertz CT molecular complexity index is 589. The third-order valence-electron chi connectivity index (χ3n) is 3.19. The highest BCUT2D eigenvalue weighted by Gasteiger charge is 2.15. The van der Waals surface area contributed by atoms with E-state index in [9.17, 15) is 4.39 Å². The Labute approximate surface area is 137 Å². The number of pyridine rings is 1. The summed E-state index contributed by atoms with van der Waals surface area (Å²) in [5.41, 5.74) is 1.86. The molecule has 2 aromatic rings. The molecule has 0 radical (unpaired) electrons. The van der Waals surface area contributed by atoms with Crippen LogP contribution in [-0.2, 0) is 6.42 Å². The number of hydrogen-bond donors (Lipinski definition) is 1. The van der Waals surface area contributed by atoms with Gasteiger partial charge in [-0.05, 0) is 65.1 Å². The molecule has 2 nitrogen and oxygen atoms in total. The Morgan fingerprint density at radius 2 is 2.14 bits per heavy atom. The van der Waals surface area contributed by atoms with Gasteiger partial charge in [0.15, 0.2) is 0 Å². The van der Waals surface area contributed by atoms with Crippen LogP contribution in [0.4, 0.5) is 4.39 Å². The molecule has 1 heterocycles. The quantitative estimate of drug-likeness (QED) is 0.779. The summed E-state index contributed by atoms with van der Waals surface area (Å²) in [6.07, 6.45) is 3.49. The van der Waals surface area contributed by atoms with Crippen LogP contribution in [-0.4, -0.2) is 11.5 Å². The fraction of sp³-hybridized carbons (Fsp3) is 0.312. The molecule has 1 aromatic heterocycles. The number of rotatable bonds is 6. The maximum Gasteiger partial charge on any atom is 0.124 e. The Balaban J connectivity index is 2.21. The fourth-order valence-corrected chi connectivity index (χ4v) is 2.58. The molecule has 2 rings (SSSR count). The van der Waals surface area contributed by atoms with E-state index >= 15 is 0 Å². The molecular formula is C16H17BrClFN2. The molecule has 0 bridgehead atoms. The topological polar surface area (TPSA) is 24.9 Å². The normalized spacial score (nSPS) is 12.4. The molecule has 0 fully saturated rings. The second-order valence-electron chi connectivity index (χ2n) is 4.85. The Hall–Kier alpha value is -0.970. The number of aromatic nitrogens is 1. The summed E-state index contributed by atoms with van der Waals surface area (Å²) in [5, 5.41) is 3.92. The van der Waals surface area contributed by atoms with Gasteiger partial charge >= 0.3 is 0 Å². The van der Waals surface area contributed by atoms with Gasteiger partial charge in [-0.3, -0.25) is 4.98 Å². The number of benzene rings is 1. The van der Waals surface area contributed by atoms with Crippen LogP contribution in [0.2, 0.25) is 5.02 Å². The molecule has 1 unspecified atom stereocenters. The minimum Gasteiger partial charge on any atom is -0.308 e. The van der Waals surface area contributed by atoms with E-state index in [1.807, 2.05) is 12.1 Å². The largest absolute Gasteiger partial charge is 0.308 e. The van der Waals surface area contributed by atoms with E-state index in [0.717, 1.165) is 28.7 Å². The van der Waals surface area contributed by atoms with Crippen LogP contribution in [0, 0.1) is 5.82 Å². The zero-order chi connectivity index (χ0) is 15.2. The third-order valence-corrected chi connectivity index (χ3v) is 4.01. The molecule has 1 N–H and O–H groups in total. The smallest absolute Gasteiger partial charge is 0.124 e. The van der Waals surface area contributed by atoms with Gasteiger partial charge in [-0.15, -0.1) is 0 Å². The van der Waals surface area contributed by atoms with E-state index in [4.69, 9.17) is 11.6 Å². The van der Waals surface area contributed by atoms with Crippen molar-refractivity contribution in [3.8, 4) is 0 Å². The van der Waals surface area contributed by atoms with Crippen molar-refractivity contribution >= 4 is 27.5 Å². The van der Waals surface area contributed by atoms with Gasteiger partial charge in [-0.25, -0.2) is 4.39 Å². The van der Waals surface area contributed by atoms with Crippen molar-refractivity contribution in [1.29, 1.82) is 0 Å².